The number of aliphatic imine (C=N–C) groups is 1. The third kappa shape index (κ3) is 3.47. The number of amidine groups is 1. The van der Waals surface area contributed by atoms with Crippen LogP contribution in [0.5, 0.6) is 0 Å². The zero-order chi connectivity index (χ0) is 22.4. The molecule has 6 nitrogen and oxygen atoms in total. The van der Waals surface area contributed by atoms with Crippen molar-refractivity contribution in [1.29, 1.82) is 0 Å². The van der Waals surface area contributed by atoms with Gasteiger partial charge in [0.25, 0.3) is 0 Å². The van der Waals surface area contributed by atoms with Crippen LogP contribution in [0, 0.1) is 0 Å². The predicted molar refractivity (Wildman–Crippen MR) is 131 cm³/mol. The maximum atomic E-state index is 13.3. The molecule has 2 heterocycles. The second-order valence-corrected chi connectivity index (χ2v) is 8.86. The summed E-state index contributed by atoms with van der Waals surface area (Å²) in [5, 5.41) is 3.65. The fraction of sp³-hybridized carbons (Fsp3) is 0.192. The van der Waals surface area contributed by atoms with Crippen molar-refractivity contribution in [2.45, 2.75) is 31.3 Å². The normalized spacial score (nSPS) is 21.4. The van der Waals surface area contributed by atoms with E-state index in [0.29, 0.717) is 10.9 Å². The number of fused-ring (bicyclic) bond motifs is 2. The van der Waals surface area contributed by atoms with Crippen molar-refractivity contribution in [2.75, 3.05) is 4.90 Å². The van der Waals surface area contributed by atoms with Crippen LogP contribution >= 0.6 is 11.6 Å². The molecule has 1 aliphatic heterocycles. The number of carbonyl (C=O) groups excluding carboxylic acids is 1. The van der Waals surface area contributed by atoms with Crippen LogP contribution in [0.2, 0.25) is 5.02 Å². The van der Waals surface area contributed by atoms with Crippen LogP contribution in [0.1, 0.15) is 41.6 Å². The van der Waals surface area contributed by atoms with E-state index < -0.39 is 6.04 Å². The van der Waals surface area contributed by atoms with E-state index in [1.165, 1.54) is 11.1 Å². The maximum absolute atomic E-state index is 13.3. The molecule has 6 rings (SSSR count). The molecular weight excluding hydrogens is 434 g/mol. The van der Waals surface area contributed by atoms with Crippen LogP contribution in [0.15, 0.2) is 78.0 Å². The molecule has 2 aliphatic rings. The second kappa shape index (κ2) is 8.05. The summed E-state index contributed by atoms with van der Waals surface area (Å²) >= 11 is 6.63. The van der Waals surface area contributed by atoms with Gasteiger partial charge in [-0.15, -0.1) is 0 Å². The van der Waals surface area contributed by atoms with Crippen LogP contribution < -0.4 is 10.2 Å². The Labute approximate surface area is 196 Å². The Morgan fingerprint density at radius 3 is 2.73 bits per heavy atom. The van der Waals surface area contributed by atoms with Crippen LogP contribution in [0.4, 0.5) is 10.5 Å². The van der Waals surface area contributed by atoms with Gasteiger partial charge >= 0.3 is 6.03 Å². The van der Waals surface area contributed by atoms with E-state index in [1.54, 1.807) is 11.2 Å². The first-order valence-electron chi connectivity index (χ1n) is 11.1. The number of rotatable bonds is 3. The Bertz CT molecular complexity index is 1390. The first-order valence-corrected chi connectivity index (χ1v) is 11.5. The van der Waals surface area contributed by atoms with Crippen molar-refractivity contribution in [3.63, 3.8) is 0 Å². The van der Waals surface area contributed by atoms with Gasteiger partial charge in [0.2, 0.25) is 0 Å². The molecule has 0 spiro atoms. The zero-order valence-electron chi connectivity index (χ0n) is 17.8. The van der Waals surface area contributed by atoms with E-state index in [9.17, 15) is 4.79 Å². The molecule has 2 amide bonds. The summed E-state index contributed by atoms with van der Waals surface area (Å²) in [5.41, 5.74) is 5.86. The predicted octanol–water partition coefficient (Wildman–Crippen LogP) is 5.96. The van der Waals surface area contributed by atoms with Gasteiger partial charge in [-0.1, -0.05) is 54.1 Å². The number of benzene rings is 3. The number of halogens is 1. The Hall–Kier alpha value is -3.64. The number of aromatic amines is 1. The van der Waals surface area contributed by atoms with Crippen LogP contribution in [0.3, 0.4) is 0 Å². The lowest BCUT2D eigenvalue weighted by Gasteiger charge is -2.26. The number of aryl methyl sites for hydroxylation is 1. The number of H-pyrrole nitrogens is 1. The highest BCUT2D eigenvalue weighted by Gasteiger charge is 2.40. The Balaban J connectivity index is 1.48. The van der Waals surface area contributed by atoms with Crippen molar-refractivity contribution in [2.24, 2.45) is 4.99 Å². The van der Waals surface area contributed by atoms with Gasteiger partial charge in [0, 0.05) is 16.3 Å². The van der Waals surface area contributed by atoms with E-state index in [1.807, 2.05) is 42.5 Å². The lowest BCUT2D eigenvalue weighted by atomic mass is 9.88. The average Bonchev–Trinajstić information content (AvgIpc) is 3.43. The van der Waals surface area contributed by atoms with E-state index >= 15 is 0 Å². The van der Waals surface area contributed by atoms with Crippen LogP contribution in [-0.4, -0.2) is 21.8 Å². The number of amides is 2. The molecule has 7 heteroatoms. The Morgan fingerprint density at radius 2 is 1.85 bits per heavy atom. The van der Waals surface area contributed by atoms with Crippen LogP contribution in [-0.2, 0) is 6.42 Å². The number of nitrogens with one attached hydrogen (secondary N) is 2. The van der Waals surface area contributed by atoms with Gasteiger partial charge < -0.3 is 4.98 Å². The molecular formula is C26H22ClN5O. The zero-order valence-corrected chi connectivity index (χ0v) is 18.6. The minimum atomic E-state index is -0.448. The van der Waals surface area contributed by atoms with Crippen molar-refractivity contribution < 1.29 is 4.79 Å². The summed E-state index contributed by atoms with van der Waals surface area (Å²) in [6.45, 7) is 0. The first-order chi connectivity index (χ1) is 16.2. The van der Waals surface area contributed by atoms with Gasteiger partial charge in [0.05, 0.1) is 23.4 Å². The monoisotopic (exact) mass is 455 g/mol. The largest absolute Gasteiger partial charge is 0.345 e. The number of anilines is 1. The first kappa shape index (κ1) is 20.0. The molecule has 2 unspecified atom stereocenters. The fourth-order valence-electron chi connectivity index (χ4n) is 4.93. The number of hydrogen-bond acceptors (Lipinski definition) is 3. The minimum absolute atomic E-state index is 0.00371. The number of hydrogen-bond donors (Lipinski definition) is 2. The molecule has 164 valence electrons. The maximum Gasteiger partial charge on any atom is 0.328 e. The third-order valence-electron chi connectivity index (χ3n) is 6.49. The molecule has 33 heavy (non-hydrogen) atoms. The number of nitrogens with zero attached hydrogens (tertiary/aromatic N) is 3. The smallest absolute Gasteiger partial charge is 0.328 e. The highest BCUT2D eigenvalue weighted by molar-refractivity contribution is 6.32. The van der Waals surface area contributed by atoms with Crippen LogP contribution in [0.25, 0.3) is 11.0 Å². The molecule has 0 bridgehead atoms. The van der Waals surface area contributed by atoms with E-state index in [0.717, 1.165) is 41.5 Å². The van der Waals surface area contributed by atoms with Gasteiger partial charge in [-0.05, 0) is 54.7 Å². The molecule has 2 N–H and O–H groups in total. The highest BCUT2D eigenvalue weighted by atomic mass is 35.5. The molecule has 1 saturated heterocycles. The third-order valence-corrected chi connectivity index (χ3v) is 6.83. The molecule has 4 aromatic rings. The topological polar surface area (TPSA) is 73.4 Å². The molecule has 3 aromatic carbocycles. The summed E-state index contributed by atoms with van der Waals surface area (Å²) < 4.78 is 0. The van der Waals surface area contributed by atoms with Gasteiger partial charge in [0.15, 0.2) is 0 Å². The lowest BCUT2D eigenvalue weighted by Crippen LogP contribution is -2.29. The van der Waals surface area contributed by atoms with Gasteiger partial charge in [-0.3, -0.25) is 15.2 Å². The Morgan fingerprint density at radius 1 is 1.03 bits per heavy atom. The van der Waals surface area contributed by atoms with Crippen molar-refractivity contribution >= 4 is 40.2 Å². The second-order valence-electron chi connectivity index (χ2n) is 8.45. The minimum Gasteiger partial charge on any atom is -0.345 e. The standard InChI is InChI=1S/C26H22ClN5O/c27-20-10-4-3-9-19(20)24-25(30-21-11-5-7-16-6-1-2-8-18(16)21)31-26(33)32(24)17-12-13-22-23(14-17)29-15-28-22/h1-4,6,8-10,12-15,21,24H,5,7,11H2,(H,28,29)(H,30,31,33). The SMILES string of the molecule is O=C1NC(=NC2CCCc3ccccc32)C(c2ccccc2Cl)N1c1ccc2[nH]cnc2c1. The molecule has 1 fully saturated rings. The number of aromatic nitrogens is 2. The quantitative estimate of drug-likeness (QED) is 0.399. The van der Waals surface area contributed by atoms with E-state index in [2.05, 4.69) is 39.6 Å². The molecule has 1 aliphatic carbocycles. The average molecular weight is 456 g/mol. The van der Waals surface area contributed by atoms with E-state index in [-0.39, 0.29) is 12.1 Å². The van der Waals surface area contributed by atoms with Gasteiger partial charge in [-0.2, -0.15) is 0 Å². The summed E-state index contributed by atoms with van der Waals surface area (Å²) in [6, 6.07) is 21.2. The van der Waals surface area contributed by atoms with E-state index in [4.69, 9.17) is 16.6 Å². The molecule has 1 aromatic heterocycles. The fourth-order valence-corrected chi connectivity index (χ4v) is 5.17. The van der Waals surface area contributed by atoms with Crippen molar-refractivity contribution in [3.8, 4) is 0 Å². The summed E-state index contributed by atoms with van der Waals surface area (Å²) in [5.74, 6) is 0.622. The summed E-state index contributed by atoms with van der Waals surface area (Å²) in [4.78, 5) is 27.6. The molecule has 0 saturated carbocycles. The summed E-state index contributed by atoms with van der Waals surface area (Å²) in [7, 11) is 0. The summed E-state index contributed by atoms with van der Waals surface area (Å²) in [6.07, 6.45) is 4.73. The highest BCUT2D eigenvalue weighted by Crippen LogP contribution is 2.39. The molecule has 0 radical (unpaired) electrons. The van der Waals surface area contributed by atoms with Crippen molar-refractivity contribution in [3.05, 3.63) is 94.8 Å². The van der Waals surface area contributed by atoms with Crippen molar-refractivity contribution in [1.82, 2.24) is 15.3 Å². The molecule has 2 atom stereocenters. The number of imidazole rings is 1. The lowest BCUT2D eigenvalue weighted by molar-refractivity contribution is 0.252. The number of carbonyl (C=O) groups is 1. The van der Waals surface area contributed by atoms with Gasteiger partial charge in [-0.25, -0.2) is 9.78 Å². The number of urea groups is 1. The Kier molecular flexibility index (Phi) is 4.88. The van der Waals surface area contributed by atoms with Gasteiger partial charge in [0.1, 0.15) is 11.9 Å².